The van der Waals surface area contributed by atoms with Crippen LogP contribution in [0.4, 0.5) is 0 Å². The van der Waals surface area contributed by atoms with Crippen molar-refractivity contribution in [1.29, 1.82) is 0 Å². The molecule has 0 saturated carbocycles. The smallest absolute Gasteiger partial charge is 0.304 e. The molecule has 2 unspecified atom stereocenters. The van der Waals surface area contributed by atoms with Gasteiger partial charge in [-0.1, -0.05) is 0 Å². The van der Waals surface area contributed by atoms with Crippen LogP contribution in [0.1, 0.15) is 13.3 Å². The zero-order valence-corrected chi connectivity index (χ0v) is 6.08. The molecule has 0 aromatic rings. The molecule has 0 spiro atoms. The van der Waals surface area contributed by atoms with E-state index < -0.39 is 12.0 Å². The number of carboxylic acids is 1. The lowest BCUT2D eigenvalue weighted by atomic mass is 10.1. The Balaban J connectivity index is 0. The lowest BCUT2D eigenvalue weighted by molar-refractivity contribution is -0.137. The van der Waals surface area contributed by atoms with Gasteiger partial charge in [-0.2, -0.15) is 0 Å². The van der Waals surface area contributed by atoms with Crippen LogP contribution >= 0.6 is 0 Å². The maximum atomic E-state index is 9.98. The average molecular weight is 149 g/mol. The van der Waals surface area contributed by atoms with Crippen molar-refractivity contribution < 1.29 is 9.90 Å². The van der Waals surface area contributed by atoms with Gasteiger partial charge in [-0.15, -0.1) is 0 Å². The molecule has 10 heavy (non-hydrogen) atoms. The normalized spacial score (nSPS) is 15.1. The van der Waals surface area contributed by atoms with Gasteiger partial charge >= 0.3 is 5.97 Å². The van der Waals surface area contributed by atoms with Crippen LogP contribution in [0.25, 0.3) is 0 Å². The predicted molar refractivity (Wildman–Crippen MR) is 38.9 cm³/mol. The minimum atomic E-state index is -0.903. The topological polar surface area (TPSA) is 124 Å². The van der Waals surface area contributed by atoms with E-state index >= 15 is 0 Å². The highest BCUT2D eigenvalue weighted by Gasteiger charge is 2.11. The van der Waals surface area contributed by atoms with E-state index in [1.54, 1.807) is 6.92 Å². The molecule has 0 aliphatic rings. The van der Waals surface area contributed by atoms with E-state index in [9.17, 15) is 4.79 Å². The third-order valence-corrected chi connectivity index (χ3v) is 1.09. The summed E-state index contributed by atoms with van der Waals surface area (Å²) < 4.78 is 0. The second-order valence-electron chi connectivity index (χ2n) is 2.12. The molecule has 62 valence electrons. The van der Waals surface area contributed by atoms with Crippen molar-refractivity contribution in [3.05, 3.63) is 0 Å². The fourth-order valence-electron chi connectivity index (χ4n) is 0.388. The van der Waals surface area contributed by atoms with Crippen molar-refractivity contribution in [3.8, 4) is 0 Å². The summed E-state index contributed by atoms with van der Waals surface area (Å²) in [5.41, 5.74) is 10.6. The minimum Gasteiger partial charge on any atom is -0.481 e. The van der Waals surface area contributed by atoms with E-state index in [1.807, 2.05) is 0 Å². The quantitative estimate of drug-likeness (QED) is 0.422. The van der Waals surface area contributed by atoms with Crippen LogP contribution in [0.2, 0.25) is 0 Å². The van der Waals surface area contributed by atoms with E-state index in [0.717, 1.165) is 0 Å². The van der Waals surface area contributed by atoms with Crippen LogP contribution in [-0.2, 0) is 4.79 Å². The summed E-state index contributed by atoms with van der Waals surface area (Å²) in [7, 11) is 0. The molecule has 8 N–H and O–H groups in total. The van der Waals surface area contributed by atoms with Crippen molar-refractivity contribution in [2.45, 2.75) is 25.4 Å². The maximum Gasteiger partial charge on any atom is 0.304 e. The van der Waals surface area contributed by atoms with Crippen LogP contribution < -0.4 is 17.6 Å². The minimum absolute atomic E-state index is 0. The number of rotatable bonds is 3. The molecule has 0 bridgehead atoms. The molecule has 0 saturated heterocycles. The number of carbonyl (C=O) groups is 1. The molecule has 0 amide bonds. The lowest BCUT2D eigenvalue weighted by Crippen LogP contribution is -2.40. The van der Waals surface area contributed by atoms with Gasteiger partial charge in [-0.25, -0.2) is 0 Å². The van der Waals surface area contributed by atoms with E-state index in [4.69, 9.17) is 16.6 Å². The van der Waals surface area contributed by atoms with Gasteiger partial charge in [0.2, 0.25) is 0 Å². The number of nitrogens with two attached hydrogens (primary N) is 2. The predicted octanol–water partition coefficient (Wildman–Crippen LogP) is -0.702. The van der Waals surface area contributed by atoms with Gasteiger partial charge in [-0.3, -0.25) is 4.79 Å². The molecule has 0 radical (unpaired) electrons. The fraction of sp³-hybridized carbons (Fsp3) is 0.800. The summed E-state index contributed by atoms with van der Waals surface area (Å²) in [6, 6.07) is -0.677. The van der Waals surface area contributed by atoms with Crippen LogP contribution in [0, 0.1) is 0 Å². The maximum absolute atomic E-state index is 9.98. The highest BCUT2D eigenvalue weighted by molar-refractivity contribution is 5.67. The molecule has 0 aromatic heterocycles. The van der Waals surface area contributed by atoms with E-state index in [-0.39, 0.29) is 18.6 Å². The molecule has 0 rings (SSSR count). The Hall–Kier alpha value is -0.650. The lowest BCUT2D eigenvalue weighted by Gasteiger charge is -2.11. The van der Waals surface area contributed by atoms with Gasteiger partial charge in [-0.05, 0) is 6.92 Å². The molecule has 5 heteroatoms. The van der Waals surface area contributed by atoms with Gasteiger partial charge in [0.25, 0.3) is 0 Å². The zero-order valence-electron chi connectivity index (χ0n) is 6.08. The Morgan fingerprint density at radius 2 is 2.00 bits per heavy atom. The van der Waals surface area contributed by atoms with Crippen molar-refractivity contribution in [2.75, 3.05) is 0 Å². The molecule has 0 heterocycles. The monoisotopic (exact) mass is 149 g/mol. The van der Waals surface area contributed by atoms with Gasteiger partial charge in [0, 0.05) is 12.1 Å². The van der Waals surface area contributed by atoms with E-state index in [2.05, 4.69) is 0 Å². The molecule has 0 fully saturated rings. The van der Waals surface area contributed by atoms with Gasteiger partial charge in [0.1, 0.15) is 0 Å². The summed E-state index contributed by atoms with van der Waals surface area (Å²) >= 11 is 0. The summed E-state index contributed by atoms with van der Waals surface area (Å²) in [4.78, 5) is 9.98. The zero-order chi connectivity index (χ0) is 7.44. The number of hydrogen-bond acceptors (Lipinski definition) is 4. The van der Waals surface area contributed by atoms with Crippen LogP contribution in [0.5, 0.6) is 0 Å². The summed E-state index contributed by atoms with van der Waals surface area (Å²) in [5.74, 6) is -0.903. The third kappa shape index (κ3) is 5.49. The highest BCUT2D eigenvalue weighted by Crippen LogP contribution is 1.90. The molecular weight excluding hydrogens is 134 g/mol. The highest BCUT2D eigenvalue weighted by atomic mass is 16.4. The Morgan fingerprint density at radius 1 is 1.60 bits per heavy atom. The van der Waals surface area contributed by atoms with E-state index in [1.165, 1.54) is 0 Å². The summed E-state index contributed by atoms with van der Waals surface area (Å²) in [6.07, 6.45) is -0.0579. The number of carboxylic acid groups (broad SMARTS) is 1. The summed E-state index contributed by atoms with van der Waals surface area (Å²) in [6.45, 7) is 1.69. The Labute approximate surface area is 60.0 Å². The SMILES string of the molecule is CC(N)C(N)CC(=O)O.N. The Morgan fingerprint density at radius 3 is 2.10 bits per heavy atom. The second kappa shape index (κ2) is 5.16. The first-order valence-corrected chi connectivity index (χ1v) is 2.77. The third-order valence-electron chi connectivity index (χ3n) is 1.09. The molecular formula is C5H15N3O2. The Bertz CT molecular complexity index is 105. The van der Waals surface area contributed by atoms with Crippen LogP contribution in [0.15, 0.2) is 0 Å². The molecule has 0 aromatic carbocycles. The largest absolute Gasteiger partial charge is 0.481 e. The molecule has 5 nitrogen and oxygen atoms in total. The molecule has 0 aliphatic heterocycles. The van der Waals surface area contributed by atoms with Crippen molar-refractivity contribution >= 4 is 5.97 Å². The molecule has 2 atom stereocenters. The fourth-order valence-corrected chi connectivity index (χ4v) is 0.388. The van der Waals surface area contributed by atoms with Gasteiger partial charge < -0.3 is 22.7 Å². The van der Waals surface area contributed by atoms with Crippen molar-refractivity contribution in [2.24, 2.45) is 11.5 Å². The standard InChI is InChI=1S/C5H12N2O2.H3N/c1-3(6)4(7)2-5(8)9;/h3-4H,2,6-7H2,1H3,(H,8,9);1H3. The van der Waals surface area contributed by atoms with E-state index in [0.29, 0.717) is 0 Å². The first-order valence-electron chi connectivity index (χ1n) is 2.77. The number of aliphatic carboxylic acids is 1. The Kier molecular flexibility index (Phi) is 6.23. The average Bonchev–Trinajstić information content (AvgIpc) is 1.63. The van der Waals surface area contributed by atoms with Gasteiger partial charge in [0.05, 0.1) is 6.42 Å². The van der Waals surface area contributed by atoms with Crippen molar-refractivity contribution in [3.63, 3.8) is 0 Å². The number of hydrogen-bond donors (Lipinski definition) is 4. The summed E-state index contributed by atoms with van der Waals surface area (Å²) in [5, 5.41) is 8.20. The first kappa shape index (κ1) is 12.1. The van der Waals surface area contributed by atoms with Crippen LogP contribution in [-0.4, -0.2) is 23.2 Å². The van der Waals surface area contributed by atoms with Gasteiger partial charge in [0.15, 0.2) is 0 Å². The molecule has 0 aliphatic carbocycles. The van der Waals surface area contributed by atoms with Crippen molar-refractivity contribution in [1.82, 2.24) is 6.15 Å². The second-order valence-corrected chi connectivity index (χ2v) is 2.12. The first-order chi connectivity index (χ1) is 4.04. The van der Waals surface area contributed by atoms with Crippen LogP contribution in [0.3, 0.4) is 0 Å².